The number of piperidine rings is 1. The van der Waals surface area contributed by atoms with E-state index < -0.39 is 0 Å². The van der Waals surface area contributed by atoms with Crippen LogP contribution in [0.5, 0.6) is 0 Å². The number of nitrogens with zero attached hydrogens (tertiary/aromatic N) is 3. The summed E-state index contributed by atoms with van der Waals surface area (Å²) in [6.45, 7) is 10.9. The summed E-state index contributed by atoms with van der Waals surface area (Å²) in [4.78, 5) is 11.7. The molecule has 0 aliphatic carbocycles. The molecule has 1 saturated heterocycles. The van der Waals surface area contributed by atoms with Crippen molar-refractivity contribution in [1.82, 2.24) is 15.3 Å². The van der Waals surface area contributed by atoms with Crippen LogP contribution >= 0.6 is 11.3 Å². The van der Waals surface area contributed by atoms with Crippen LogP contribution in [0.3, 0.4) is 0 Å². The molecule has 130 valence electrons. The van der Waals surface area contributed by atoms with Crippen LogP contribution in [-0.4, -0.2) is 29.1 Å². The van der Waals surface area contributed by atoms with E-state index in [2.05, 4.69) is 59.3 Å². The summed E-state index contributed by atoms with van der Waals surface area (Å²) in [5, 5.41) is 7.19. The van der Waals surface area contributed by atoms with Gasteiger partial charge in [-0.15, -0.1) is 11.3 Å². The average Bonchev–Trinajstić information content (AvgIpc) is 3.00. The van der Waals surface area contributed by atoms with Crippen LogP contribution in [0.25, 0.3) is 0 Å². The lowest BCUT2D eigenvalue weighted by atomic mass is 9.94. The van der Waals surface area contributed by atoms with Crippen molar-refractivity contribution in [2.45, 2.75) is 52.6 Å². The lowest BCUT2D eigenvalue weighted by Crippen LogP contribution is -2.45. The number of thiazole rings is 1. The second-order valence-electron chi connectivity index (χ2n) is 7.13. The van der Waals surface area contributed by atoms with Crippen molar-refractivity contribution in [1.29, 1.82) is 0 Å². The SMILES string of the molecule is Cc1csc(N2CCC(NC(c3ncccc3C)C(C)C)CC2)n1. The average molecular weight is 345 g/mol. The Kier molecular flexibility index (Phi) is 5.51. The van der Waals surface area contributed by atoms with Crippen LogP contribution in [-0.2, 0) is 0 Å². The highest BCUT2D eigenvalue weighted by Gasteiger charge is 2.26. The Balaban J connectivity index is 1.62. The zero-order valence-electron chi connectivity index (χ0n) is 15.1. The topological polar surface area (TPSA) is 41.0 Å². The van der Waals surface area contributed by atoms with E-state index in [1.54, 1.807) is 11.3 Å². The molecule has 1 aliphatic rings. The molecule has 0 bridgehead atoms. The minimum atomic E-state index is 0.324. The van der Waals surface area contributed by atoms with Gasteiger partial charge >= 0.3 is 0 Å². The predicted molar refractivity (Wildman–Crippen MR) is 102 cm³/mol. The molecule has 3 rings (SSSR count). The van der Waals surface area contributed by atoms with Gasteiger partial charge in [-0.3, -0.25) is 4.98 Å². The van der Waals surface area contributed by atoms with E-state index in [9.17, 15) is 0 Å². The number of aryl methyl sites for hydroxylation is 2. The quantitative estimate of drug-likeness (QED) is 0.886. The van der Waals surface area contributed by atoms with Gasteiger partial charge < -0.3 is 10.2 Å². The summed E-state index contributed by atoms with van der Waals surface area (Å²) in [6, 6.07) is 5.05. The lowest BCUT2D eigenvalue weighted by Gasteiger charge is -2.35. The van der Waals surface area contributed by atoms with Crippen LogP contribution < -0.4 is 10.2 Å². The van der Waals surface area contributed by atoms with Crippen molar-refractivity contribution in [3.05, 3.63) is 40.7 Å². The Morgan fingerprint density at radius 2 is 2.00 bits per heavy atom. The summed E-state index contributed by atoms with van der Waals surface area (Å²) in [6.07, 6.45) is 4.23. The van der Waals surface area contributed by atoms with E-state index in [1.165, 1.54) is 16.4 Å². The maximum atomic E-state index is 4.65. The number of pyridine rings is 1. The van der Waals surface area contributed by atoms with Gasteiger partial charge in [-0.25, -0.2) is 4.98 Å². The van der Waals surface area contributed by atoms with Gasteiger partial charge in [0.2, 0.25) is 0 Å². The molecule has 5 heteroatoms. The second kappa shape index (κ2) is 7.62. The van der Waals surface area contributed by atoms with Crippen molar-refractivity contribution in [2.75, 3.05) is 18.0 Å². The fraction of sp³-hybridized carbons (Fsp3) is 0.579. The molecule has 0 radical (unpaired) electrons. The molecule has 3 heterocycles. The predicted octanol–water partition coefficient (Wildman–Crippen LogP) is 4.11. The van der Waals surface area contributed by atoms with Gasteiger partial charge in [-0.05, 0) is 44.2 Å². The zero-order chi connectivity index (χ0) is 17.1. The highest BCUT2D eigenvalue weighted by Crippen LogP contribution is 2.27. The van der Waals surface area contributed by atoms with E-state index in [0.717, 1.165) is 31.6 Å². The minimum Gasteiger partial charge on any atom is -0.348 e. The van der Waals surface area contributed by atoms with Gasteiger partial charge in [-0.2, -0.15) is 0 Å². The highest BCUT2D eigenvalue weighted by molar-refractivity contribution is 7.13. The van der Waals surface area contributed by atoms with Gasteiger partial charge in [-0.1, -0.05) is 19.9 Å². The Hall–Kier alpha value is -1.46. The molecule has 4 nitrogen and oxygen atoms in total. The van der Waals surface area contributed by atoms with Crippen molar-refractivity contribution in [2.24, 2.45) is 5.92 Å². The maximum absolute atomic E-state index is 4.65. The number of anilines is 1. The molecule has 1 N–H and O–H groups in total. The van der Waals surface area contributed by atoms with Crippen LogP contribution in [0.1, 0.15) is 49.7 Å². The molecule has 2 aromatic heterocycles. The zero-order valence-corrected chi connectivity index (χ0v) is 15.9. The fourth-order valence-electron chi connectivity index (χ4n) is 3.39. The molecular formula is C19H28N4S. The Morgan fingerprint density at radius 3 is 2.58 bits per heavy atom. The van der Waals surface area contributed by atoms with Gasteiger partial charge in [0.05, 0.1) is 17.4 Å². The molecule has 1 fully saturated rings. The Bertz CT molecular complexity index is 659. The number of hydrogen-bond acceptors (Lipinski definition) is 5. The molecule has 0 aromatic carbocycles. The van der Waals surface area contributed by atoms with Crippen LogP contribution in [0.15, 0.2) is 23.7 Å². The summed E-state index contributed by atoms with van der Waals surface area (Å²) < 4.78 is 0. The van der Waals surface area contributed by atoms with Gasteiger partial charge in [0.15, 0.2) is 5.13 Å². The summed E-state index contributed by atoms with van der Waals surface area (Å²) in [5.74, 6) is 0.526. The van der Waals surface area contributed by atoms with Gasteiger partial charge in [0, 0.05) is 30.7 Å². The second-order valence-corrected chi connectivity index (χ2v) is 7.96. The van der Waals surface area contributed by atoms with E-state index in [4.69, 9.17) is 0 Å². The number of aromatic nitrogens is 2. The lowest BCUT2D eigenvalue weighted by molar-refractivity contribution is 0.315. The molecule has 1 unspecified atom stereocenters. The third-order valence-electron chi connectivity index (χ3n) is 4.80. The van der Waals surface area contributed by atoms with E-state index in [0.29, 0.717) is 18.0 Å². The van der Waals surface area contributed by atoms with E-state index in [-0.39, 0.29) is 0 Å². The number of hydrogen-bond donors (Lipinski definition) is 1. The molecule has 0 amide bonds. The van der Waals surface area contributed by atoms with Crippen molar-refractivity contribution in [3.63, 3.8) is 0 Å². The fourth-order valence-corrected chi connectivity index (χ4v) is 4.25. The van der Waals surface area contributed by atoms with E-state index >= 15 is 0 Å². The third-order valence-corrected chi connectivity index (χ3v) is 5.82. The van der Waals surface area contributed by atoms with Crippen molar-refractivity contribution < 1.29 is 0 Å². The molecule has 1 atom stereocenters. The smallest absolute Gasteiger partial charge is 0.185 e. The first-order valence-corrected chi connectivity index (χ1v) is 9.77. The largest absolute Gasteiger partial charge is 0.348 e. The highest BCUT2D eigenvalue weighted by atomic mass is 32.1. The Morgan fingerprint density at radius 1 is 1.25 bits per heavy atom. The molecule has 1 aliphatic heterocycles. The summed E-state index contributed by atoms with van der Waals surface area (Å²) in [5.41, 5.74) is 3.60. The van der Waals surface area contributed by atoms with E-state index in [1.807, 2.05) is 12.3 Å². The maximum Gasteiger partial charge on any atom is 0.185 e. The first kappa shape index (κ1) is 17.4. The normalized spacial score (nSPS) is 17.5. The molecule has 0 spiro atoms. The number of rotatable bonds is 5. The first-order chi connectivity index (χ1) is 11.5. The standard InChI is InChI=1S/C19H28N4S/c1-13(2)17(18-14(3)6-5-9-20-18)22-16-7-10-23(11-8-16)19-21-15(4)12-24-19/h5-6,9,12-13,16-17,22H,7-8,10-11H2,1-4H3. The van der Waals surface area contributed by atoms with Crippen molar-refractivity contribution in [3.8, 4) is 0 Å². The minimum absolute atomic E-state index is 0.324. The molecule has 2 aromatic rings. The first-order valence-electron chi connectivity index (χ1n) is 8.89. The van der Waals surface area contributed by atoms with Gasteiger partial charge in [0.25, 0.3) is 0 Å². The molecular weight excluding hydrogens is 316 g/mol. The Labute approximate surface area is 149 Å². The van der Waals surface area contributed by atoms with Crippen LogP contribution in [0.2, 0.25) is 0 Å². The van der Waals surface area contributed by atoms with Crippen molar-refractivity contribution >= 4 is 16.5 Å². The van der Waals surface area contributed by atoms with Gasteiger partial charge in [0.1, 0.15) is 0 Å². The third kappa shape index (κ3) is 3.95. The molecule has 24 heavy (non-hydrogen) atoms. The monoisotopic (exact) mass is 344 g/mol. The number of nitrogens with one attached hydrogen (secondary N) is 1. The summed E-state index contributed by atoms with van der Waals surface area (Å²) in [7, 11) is 0. The van der Waals surface area contributed by atoms with Crippen LogP contribution in [0.4, 0.5) is 5.13 Å². The van der Waals surface area contributed by atoms with Crippen LogP contribution in [0, 0.1) is 19.8 Å². The molecule has 0 saturated carbocycles. The summed E-state index contributed by atoms with van der Waals surface area (Å²) >= 11 is 1.76.